The number of carbonyl (C=O) groups excluding carboxylic acids is 1. The van der Waals surface area contributed by atoms with Crippen LogP contribution in [0.3, 0.4) is 0 Å². The summed E-state index contributed by atoms with van der Waals surface area (Å²) in [6.45, 7) is 4.27. The van der Waals surface area contributed by atoms with Crippen molar-refractivity contribution in [3.8, 4) is 5.75 Å². The van der Waals surface area contributed by atoms with Crippen LogP contribution in [0.4, 0.5) is 10.1 Å². The maximum Gasteiger partial charge on any atom is 0.261 e. The number of phenolic OH excluding ortho intramolecular Hbond substituents is 1. The molecule has 3 aromatic carbocycles. The first kappa shape index (κ1) is 21.1. The van der Waals surface area contributed by atoms with Crippen molar-refractivity contribution in [1.29, 1.82) is 0 Å². The van der Waals surface area contributed by atoms with E-state index in [4.69, 9.17) is 0 Å². The zero-order valence-electron chi connectivity index (χ0n) is 17.7. The van der Waals surface area contributed by atoms with Crippen molar-refractivity contribution >= 4 is 11.6 Å². The van der Waals surface area contributed by atoms with Crippen LogP contribution in [0.25, 0.3) is 0 Å². The number of halogens is 1. The summed E-state index contributed by atoms with van der Waals surface area (Å²) in [6, 6.07) is 21.3. The smallest absolute Gasteiger partial charge is 0.261 e. The first-order valence-electron chi connectivity index (χ1n) is 10.7. The maximum absolute atomic E-state index is 14.4. The SMILES string of the molecule is Cc1ccc(N(C(=O)c2ccccc2F)C2CCN(Cc3ccccc3O)CC2)cc1. The Kier molecular flexibility index (Phi) is 6.33. The minimum absolute atomic E-state index is 0.0181. The standard InChI is InChI=1S/C26H27FN2O2/c1-19-10-12-21(13-11-19)29(26(31)23-7-3-4-8-24(23)27)22-14-16-28(17-15-22)18-20-6-2-5-9-25(20)30/h2-13,22,30H,14-18H2,1H3. The number of nitrogens with zero attached hydrogens (tertiary/aromatic N) is 2. The van der Waals surface area contributed by atoms with Crippen LogP contribution in [0, 0.1) is 12.7 Å². The molecule has 0 bridgehead atoms. The Morgan fingerprint density at radius 2 is 1.65 bits per heavy atom. The second kappa shape index (κ2) is 9.31. The summed E-state index contributed by atoms with van der Waals surface area (Å²) >= 11 is 0. The molecule has 1 fully saturated rings. The molecule has 1 saturated heterocycles. The van der Waals surface area contributed by atoms with Crippen molar-refractivity contribution in [2.45, 2.75) is 32.4 Å². The zero-order valence-corrected chi connectivity index (χ0v) is 17.7. The average Bonchev–Trinajstić information content (AvgIpc) is 2.78. The molecule has 4 nitrogen and oxygen atoms in total. The topological polar surface area (TPSA) is 43.8 Å². The van der Waals surface area contributed by atoms with Crippen LogP contribution < -0.4 is 4.90 Å². The molecule has 1 heterocycles. The number of aromatic hydroxyl groups is 1. The molecule has 1 amide bonds. The van der Waals surface area contributed by atoms with Gasteiger partial charge in [0.05, 0.1) is 5.56 Å². The first-order valence-corrected chi connectivity index (χ1v) is 10.7. The molecule has 1 N–H and O–H groups in total. The molecule has 1 aliphatic heterocycles. The molecular formula is C26H27FN2O2. The van der Waals surface area contributed by atoms with Crippen LogP contribution in [0.1, 0.15) is 34.3 Å². The van der Waals surface area contributed by atoms with Gasteiger partial charge in [-0.2, -0.15) is 0 Å². The van der Waals surface area contributed by atoms with Crippen molar-refractivity contribution in [3.63, 3.8) is 0 Å². The number of hydrogen-bond acceptors (Lipinski definition) is 3. The minimum atomic E-state index is -0.499. The van der Waals surface area contributed by atoms with E-state index in [1.54, 1.807) is 29.2 Å². The molecule has 0 aliphatic carbocycles. The number of benzene rings is 3. The summed E-state index contributed by atoms with van der Waals surface area (Å²) < 4.78 is 14.4. The highest BCUT2D eigenvalue weighted by molar-refractivity contribution is 6.06. The van der Waals surface area contributed by atoms with Crippen LogP contribution in [0.5, 0.6) is 5.75 Å². The third kappa shape index (κ3) is 4.78. The number of likely N-dealkylation sites (tertiary alicyclic amines) is 1. The minimum Gasteiger partial charge on any atom is -0.508 e. The third-order valence-electron chi connectivity index (χ3n) is 5.94. The number of para-hydroxylation sites is 1. The Bertz CT molecular complexity index is 1040. The van der Waals surface area contributed by atoms with E-state index in [0.717, 1.165) is 42.7 Å². The van der Waals surface area contributed by atoms with E-state index in [0.29, 0.717) is 12.3 Å². The number of amides is 1. The second-order valence-electron chi connectivity index (χ2n) is 8.13. The molecular weight excluding hydrogens is 391 g/mol. The molecule has 31 heavy (non-hydrogen) atoms. The van der Waals surface area contributed by atoms with E-state index < -0.39 is 5.82 Å². The van der Waals surface area contributed by atoms with Gasteiger partial charge in [0, 0.05) is 36.9 Å². The number of piperidine rings is 1. The molecule has 0 unspecified atom stereocenters. The van der Waals surface area contributed by atoms with Gasteiger partial charge >= 0.3 is 0 Å². The van der Waals surface area contributed by atoms with Crippen molar-refractivity contribution < 1.29 is 14.3 Å². The van der Waals surface area contributed by atoms with Crippen LogP contribution >= 0.6 is 0 Å². The molecule has 5 heteroatoms. The largest absolute Gasteiger partial charge is 0.508 e. The highest BCUT2D eigenvalue weighted by atomic mass is 19.1. The van der Waals surface area contributed by atoms with Gasteiger partial charge in [-0.05, 0) is 50.1 Å². The fraction of sp³-hybridized carbons (Fsp3) is 0.269. The molecule has 160 valence electrons. The monoisotopic (exact) mass is 418 g/mol. The summed E-state index contributed by atoms with van der Waals surface area (Å²) in [5, 5.41) is 10.1. The highest BCUT2D eigenvalue weighted by Crippen LogP contribution is 2.28. The molecule has 1 aliphatic rings. The molecule has 0 saturated carbocycles. The number of phenols is 1. The van der Waals surface area contributed by atoms with E-state index in [2.05, 4.69) is 4.90 Å². The molecule has 0 radical (unpaired) electrons. The first-order chi connectivity index (χ1) is 15.0. The van der Waals surface area contributed by atoms with Gasteiger partial charge in [-0.15, -0.1) is 0 Å². The summed E-state index contributed by atoms with van der Waals surface area (Å²) in [6.07, 6.45) is 1.56. The number of hydrogen-bond donors (Lipinski definition) is 1. The van der Waals surface area contributed by atoms with Crippen molar-refractivity contribution in [2.24, 2.45) is 0 Å². The second-order valence-corrected chi connectivity index (χ2v) is 8.13. The number of anilines is 1. The highest BCUT2D eigenvalue weighted by Gasteiger charge is 2.31. The van der Waals surface area contributed by atoms with Gasteiger partial charge in [0.25, 0.3) is 5.91 Å². The number of aryl methyl sites for hydroxylation is 1. The van der Waals surface area contributed by atoms with E-state index in [1.807, 2.05) is 49.4 Å². The normalized spacial score (nSPS) is 15.0. The van der Waals surface area contributed by atoms with E-state index in [-0.39, 0.29) is 17.5 Å². The van der Waals surface area contributed by atoms with Crippen molar-refractivity contribution in [3.05, 3.63) is 95.3 Å². The fourth-order valence-electron chi connectivity index (χ4n) is 4.18. The van der Waals surface area contributed by atoms with Gasteiger partial charge in [0.1, 0.15) is 11.6 Å². The van der Waals surface area contributed by atoms with Gasteiger partial charge in [-0.25, -0.2) is 4.39 Å². The Morgan fingerprint density at radius 1 is 1.00 bits per heavy atom. The van der Waals surface area contributed by atoms with Gasteiger partial charge in [-0.3, -0.25) is 9.69 Å². The Balaban J connectivity index is 1.54. The number of carbonyl (C=O) groups is 1. The molecule has 0 atom stereocenters. The van der Waals surface area contributed by atoms with E-state index in [9.17, 15) is 14.3 Å². The van der Waals surface area contributed by atoms with E-state index in [1.165, 1.54) is 6.07 Å². The summed E-state index contributed by atoms with van der Waals surface area (Å²) in [5.74, 6) is -0.497. The predicted octanol–water partition coefficient (Wildman–Crippen LogP) is 5.15. The lowest BCUT2D eigenvalue weighted by Gasteiger charge is -2.38. The van der Waals surface area contributed by atoms with Crippen LogP contribution in [0.15, 0.2) is 72.8 Å². The molecule has 4 rings (SSSR count). The molecule has 3 aromatic rings. The number of rotatable bonds is 5. The van der Waals surface area contributed by atoms with E-state index >= 15 is 0 Å². The quantitative estimate of drug-likeness (QED) is 0.623. The van der Waals surface area contributed by atoms with Gasteiger partial charge < -0.3 is 10.0 Å². The Labute approximate surface area is 182 Å². The lowest BCUT2D eigenvalue weighted by Crippen LogP contribution is -2.47. The van der Waals surface area contributed by atoms with Gasteiger partial charge in [0.2, 0.25) is 0 Å². The fourth-order valence-corrected chi connectivity index (χ4v) is 4.18. The zero-order chi connectivity index (χ0) is 21.8. The van der Waals surface area contributed by atoms with Gasteiger partial charge in [-0.1, -0.05) is 48.0 Å². The maximum atomic E-state index is 14.4. The van der Waals surface area contributed by atoms with Crippen LogP contribution in [-0.2, 0) is 6.54 Å². The lowest BCUT2D eigenvalue weighted by atomic mass is 9.99. The Hall–Kier alpha value is -3.18. The predicted molar refractivity (Wildman–Crippen MR) is 121 cm³/mol. The summed E-state index contributed by atoms with van der Waals surface area (Å²) in [5.41, 5.74) is 2.90. The lowest BCUT2D eigenvalue weighted by molar-refractivity contribution is 0.0954. The molecule has 0 aromatic heterocycles. The Morgan fingerprint density at radius 3 is 2.32 bits per heavy atom. The van der Waals surface area contributed by atoms with Crippen molar-refractivity contribution in [1.82, 2.24) is 4.90 Å². The summed E-state index contributed by atoms with van der Waals surface area (Å²) in [4.78, 5) is 17.5. The molecule has 0 spiro atoms. The van der Waals surface area contributed by atoms with Crippen LogP contribution in [0.2, 0.25) is 0 Å². The third-order valence-corrected chi connectivity index (χ3v) is 5.94. The van der Waals surface area contributed by atoms with Crippen LogP contribution in [-0.4, -0.2) is 35.0 Å². The summed E-state index contributed by atoms with van der Waals surface area (Å²) in [7, 11) is 0. The van der Waals surface area contributed by atoms with Gasteiger partial charge in [0.15, 0.2) is 0 Å². The average molecular weight is 419 g/mol. The van der Waals surface area contributed by atoms with Crippen molar-refractivity contribution in [2.75, 3.05) is 18.0 Å².